The van der Waals surface area contributed by atoms with E-state index < -0.39 is 15.0 Å². The molecule has 0 amide bonds. The molecule has 0 saturated heterocycles. The van der Waals surface area contributed by atoms with E-state index in [2.05, 4.69) is 18.6 Å². The first kappa shape index (κ1) is 17.8. The Labute approximate surface area is 160 Å². The topological polar surface area (TPSA) is 76.4 Å². The number of fused-ring (bicyclic) bond motifs is 3. The first-order chi connectivity index (χ1) is 12.8. The summed E-state index contributed by atoms with van der Waals surface area (Å²) < 4.78 is 34.3. The first-order valence-corrected chi connectivity index (χ1v) is 10.7. The molecular weight excluding hydrogens is 382 g/mol. The van der Waals surface area contributed by atoms with Crippen LogP contribution in [0.2, 0.25) is 0 Å². The Morgan fingerprint density at radius 3 is 2.33 bits per heavy atom. The van der Waals surface area contributed by atoms with Crippen LogP contribution in [0.1, 0.15) is 25.3 Å². The largest absolute Gasteiger partial charge is 0.413 e. The Kier molecular flexibility index (Phi) is 4.28. The fourth-order valence-electron chi connectivity index (χ4n) is 3.02. The summed E-state index contributed by atoms with van der Waals surface area (Å²) in [5.41, 5.74) is 1.97. The molecule has 7 heteroatoms. The molecule has 0 aliphatic rings. The molecule has 4 rings (SSSR count). The normalized spacial score (nSPS) is 12.1. The lowest BCUT2D eigenvalue weighted by Gasteiger charge is -2.12. The third-order valence-electron chi connectivity index (χ3n) is 4.44. The number of benzene rings is 3. The highest BCUT2D eigenvalue weighted by Crippen LogP contribution is 2.34. The third kappa shape index (κ3) is 3.24. The fraction of sp³-hybridized carbons (Fsp3) is 0.150. The summed E-state index contributed by atoms with van der Waals surface area (Å²) in [5, 5.41) is 1.37. The van der Waals surface area contributed by atoms with Crippen LogP contribution in [0.15, 0.2) is 68.7 Å². The van der Waals surface area contributed by atoms with Crippen LogP contribution in [0, 0.1) is 0 Å². The molecule has 0 spiro atoms. The Hall–Kier alpha value is -2.64. The zero-order chi connectivity index (χ0) is 19.2. The maximum absolute atomic E-state index is 12.9. The van der Waals surface area contributed by atoms with Gasteiger partial charge in [-0.25, -0.2) is 13.2 Å². The van der Waals surface area contributed by atoms with Gasteiger partial charge in [-0.15, -0.1) is 0 Å². The third-order valence-corrected chi connectivity index (χ3v) is 6.60. The summed E-state index contributed by atoms with van der Waals surface area (Å²) in [6.07, 6.45) is 0. The van der Waals surface area contributed by atoms with Crippen LogP contribution in [-0.4, -0.2) is 8.42 Å². The second-order valence-corrected chi connectivity index (χ2v) is 9.24. The summed E-state index contributed by atoms with van der Waals surface area (Å²) >= 11 is 0.951. The fourth-order valence-corrected chi connectivity index (χ4v) is 4.81. The molecule has 0 unspecified atom stereocenters. The highest BCUT2D eigenvalue weighted by atomic mass is 32.2. The Balaban J connectivity index is 1.83. The van der Waals surface area contributed by atoms with E-state index in [1.54, 1.807) is 24.3 Å². The van der Waals surface area contributed by atoms with Crippen molar-refractivity contribution in [2.45, 2.75) is 24.7 Å². The highest BCUT2D eigenvalue weighted by molar-refractivity contribution is 7.92. The number of hydrogen-bond donors (Lipinski definition) is 1. The Morgan fingerprint density at radius 2 is 1.67 bits per heavy atom. The van der Waals surface area contributed by atoms with E-state index in [4.69, 9.17) is 4.42 Å². The summed E-state index contributed by atoms with van der Waals surface area (Å²) in [5.74, 6) is 0.324. The maximum atomic E-state index is 12.9. The van der Waals surface area contributed by atoms with Crippen LogP contribution in [0.5, 0.6) is 0 Å². The molecule has 138 valence electrons. The first-order valence-electron chi connectivity index (χ1n) is 8.43. The minimum atomic E-state index is -3.76. The molecule has 0 saturated carbocycles. The maximum Gasteiger partial charge on any atom is 0.396 e. The van der Waals surface area contributed by atoms with Crippen LogP contribution in [0.3, 0.4) is 0 Å². The van der Waals surface area contributed by atoms with Gasteiger partial charge in [-0.05, 0) is 29.7 Å². The predicted molar refractivity (Wildman–Crippen MR) is 109 cm³/mol. The lowest BCUT2D eigenvalue weighted by Crippen LogP contribution is -2.13. The summed E-state index contributed by atoms with van der Waals surface area (Å²) in [7, 11) is -3.76. The number of sulfonamides is 1. The quantitative estimate of drug-likeness (QED) is 0.528. The van der Waals surface area contributed by atoms with E-state index in [-0.39, 0.29) is 4.90 Å². The van der Waals surface area contributed by atoms with Crippen LogP contribution in [0.25, 0.3) is 21.1 Å². The molecule has 0 bridgehead atoms. The summed E-state index contributed by atoms with van der Waals surface area (Å²) in [6, 6.07) is 15.7. The van der Waals surface area contributed by atoms with E-state index in [1.807, 2.05) is 30.3 Å². The van der Waals surface area contributed by atoms with Crippen molar-refractivity contribution >= 4 is 48.1 Å². The molecule has 3 aromatic carbocycles. The number of anilines is 1. The lowest BCUT2D eigenvalue weighted by molar-refractivity contribution is 0.588. The van der Waals surface area contributed by atoms with Crippen molar-refractivity contribution in [3.63, 3.8) is 0 Å². The molecule has 0 aliphatic carbocycles. The molecule has 27 heavy (non-hydrogen) atoms. The smallest absolute Gasteiger partial charge is 0.396 e. The Bertz CT molecular complexity index is 1300. The summed E-state index contributed by atoms with van der Waals surface area (Å²) in [4.78, 5) is 11.4. The van der Waals surface area contributed by atoms with Crippen molar-refractivity contribution in [2.75, 3.05) is 4.72 Å². The molecule has 4 aromatic rings. The van der Waals surface area contributed by atoms with Crippen molar-refractivity contribution in [3.05, 3.63) is 69.9 Å². The zero-order valence-electron chi connectivity index (χ0n) is 14.7. The van der Waals surface area contributed by atoms with Gasteiger partial charge in [0.15, 0.2) is 5.58 Å². The van der Waals surface area contributed by atoms with Crippen molar-refractivity contribution in [1.29, 1.82) is 0 Å². The van der Waals surface area contributed by atoms with Gasteiger partial charge in [0.1, 0.15) is 0 Å². The van der Waals surface area contributed by atoms with Crippen LogP contribution in [-0.2, 0) is 10.0 Å². The number of hydrogen-bond acceptors (Lipinski definition) is 5. The molecule has 0 radical (unpaired) electrons. The average Bonchev–Trinajstić information content (AvgIpc) is 3.02. The van der Waals surface area contributed by atoms with Crippen molar-refractivity contribution < 1.29 is 12.8 Å². The number of rotatable bonds is 4. The molecular formula is C20H17NO4S2. The monoisotopic (exact) mass is 399 g/mol. The van der Waals surface area contributed by atoms with Gasteiger partial charge in [0, 0.05) is 10.8 Å². The molecule has 1 heterocycles. The second-order valence-electron chi connectivity index (χ2n) is 6.58. The van der Waals surface area contributed by atoms with E-state index in [9.17, 15) is 13.2 Å². The second kappa shape index (κ2) is 6.51. The molecule has 1 aromatic heterocycles. The van der Waals surface area contributed by atoms with Gasteiger partial charge < -0.3 is 4.42 Å². The minimum Gasteiger partial charge on any atom is -0.413 e. The van der Waals surface area contributed by atoms with Gasteiger partial charge in [0.25, 0.3) is 10.0 Å². The van der Waals surface area contributed by atoms with Gasteiger partial charge in [-0.2, -0.15) is 0 Å². The van der Waals surface area contributed by atoms with Crippen molar-refractivity contribution in [1.82, 2.24) is 0 Å². The van der Waals surface area contributed by atoms with Crippen molar-refractivity contribution in [3.8, 4) is 0 Å². The number of nitrogens with one attached hydrogen (secondary N) is 1. The molecule has 1 N–H and O–H groups in total. The van der Waals surface area contributed by atoms with Crippen molar-refractivity contribution in [2.24, 2.45) is 0 Å². The highest BCUT2D eigenvalue weighted by Gasteiger charge is 2.18. The van der Waals surface area contributed by atoms with Crippen LogP contribution in [0.4, 0.5) is 5.69 Å². The van der Waals surface area contributed by atoms with Gasteiger partial charge >= 0.3 is 4.94 Å². The Morgan fingerprint density at radius 1 is 1.00 bits per heavy atom. The van der Waals surface area contributed by atoms with Gasteiger partial charge in [0.05, 0.1) is 15.3 Å². The van der Waals surface area contributed by atoms with Gasteiger partial charge in [-0.1, -0.05) is 61.6 Å². The lowest BCUT2D eigenvalue weighted by atomic mass is 10.0. The predicted octanol–water partition coefficient (Wildman–Crippen LogP) is 4.93. The SMILES string of the molecule is CC(C)c1ccc(S(=O)(=O)Nc2cc3sc(=O)oc3c3ccccc23)cc1. The van der Waals surface area contributed by atoms with Gasteiger partial charge in [-0.3, -0.25) is 4.72 Å². The van der Waals surface area contributed by atoms with Crippen LogP contribution >= 0.6 is 11.3 Å². The zero-order valence-corrected chi connectivity index (χ0v) is 16.4. The van der Waals surface area contributed by atoms with E-state index >= 15 is 0 Å². The average molecular weight is 399 g/mol. The standard InChI is InChI=1S/C20H17NO4S2/c1-12(2)13-7-9-14(10-8-13)27(23,24)21-17-11-18-19(25-20(22)26-18)16-6-4-3-5-15(16)17/h3-12,21H,1-2H3. The minimum absolute atomic E-state index is 0.191. The molecule has 0 aliphatic heterocycles. The van der Waals surface area contributed by atoms with Crippen LogP contribution < -0.4 is 9.66 Å². The summed E-state index contributed by atoms with van der Waals surface area (Å²) in [6.45, 7) is 4.11. The molecule has 0 fully saturated rings. The van der Waals surface area contributed by atoms with E-state index in [0.717, 1.165) is 16.9 Å². The molecule has 5 nitrogen and oxygen atoms in total. The van der Waals surface area contributed by atoms with E-state index in [0.29, 0.717) is 32.7 Å². The molecule has 0 atom stereocenters. The van der Waals surface area contributed by atoms with E-state index in [1.165, 1.54) is 0 Å². The van der Waals surface area contributed by atoms with Gasteiger partial charge in [0.2, 0.25) is 0 Å².